The lowest BCUT2D eigenvalue weighted by molar-refractivity contribution is 0.0737. The van der Waals surface area contributed by atoms with E-state index in [9.17, 15) is 9.59 Å². The Morgan fingerprint density at radius 2 is 1.89 bits per heavy atom. The molecule has 27 heavy (non-hydrogen) atoms. The summed E-state index contributed by atoms with van der Waals surface area (Å²) in [5.74, 6) is 0.627. The summed E-state index contributed by atoms with van der Waals surface area (Å²) in [4.78, 5) is 27.8. The van der Waals surface area contributed by atoms with Gasteiger partial charge in [-0.15, -0.1) is 0 Å². The zero-order valence-corrected chi connectivity index (χ0v) is 15.4. The van der Waals surface area contributed by atoms with Crippen molar-refractivity contribution >= 4 is 16.9 Å². The Bertz CT molecular complexity index is 1070. The lowest BCUT2D eigenvalue weighted by Crippen LogP contribution is -2.29. The highest BCUT2D eigenvalue weighted by atomic mass is 16.5. The fourth-order valence-corrected chi connectivity index (χ4v) is 3.63. The maximum absolute atomic E-state index is 13.2. The molecule has 0 spiro atoms. The van der Waals surface area contributed by atoms with Crippen molar-refractivity contribution in [3.63, 3.8) is 0 Å². The van der Waals surface area contributed by atoms with Crippen LogP contribution in [0.4, 0.5) is 0 Å². The van der Waals surface area contributed by atoms with E-state index in [4.69, 9.17) is 9.15 Å². The molecule has 138 valence electrons. The predicted molar refractivity (Wildman–Crippen MR) is 103 cm³/mol. The van der Waals surface area contributed by atoms with E-state index in [-0.39, 0.29) is 17.1 Å². The van der Waals surface area contributed by atoms with Gasteiger partial charge in [-0.05, 0) is 43.2 Å². The molecule has 0 aliphatic carbocycles. The van der Waals surface area contributed by atoms with Gasteiger partial charge < -0.3 is 14.1 Å². The highest BCUT2D eigenvalue weighted by Crippen LogP contribution is 2.38. The molecule has 1 aromatic heterocycles. The second kappa shape index (κ2) is 6.91. The molecule has 2 aromatic carbocycles. The molecule has 2 heterocycles. The van der Waals surface area contributed by atoms with Gasteiger partial charge in [-0.1, -0.05) is 31.2 Å². The SMILES string of the molecule is CCCOc1cccc([C@@H]2c3c(oc4ccccc4c3=O)C(=O)N2CC)c1. The number of carbonyl (C=O) groups is 1. The van der Waals surface area contributed by atoms with Crippen LogP contribution in [0.15, 0.2) is 57.7 Å². The van der Waals surface area contributed by atoms with E-state index in [0.29, 0.717) is 29.7 Å². The standard InChI is InChI=1S/C22H21NO4/c1-3-12-26-15-9-7-8-14(13-15)19-18-20(24)16-10-5-6-11-17(16)27-21(18)22(25)23(19)4-2/h5-11,13,19H,3-4,12H2,1-2H3/t19-/m1/s1. The first-order valence-corrected chi connectivity index (χ1v) is 9.25. The molecule has 0 radical (unpaired) electrons. The van der Waals surface area contributed by atoms with Crippen molar-refractivity contribution in [1.82, 2.24) is 4.90 Å². The Balaban J connectivity index is 1.91. The molecule has 4 rings (SSSR count). The van der Waals surface area contributed by atoms with Crippen molar-refractivity contribution in [3.8, 4) is 5.75 Å². The summed E-state index contributed by atoms with van der Waals surface area (Å²) in [6, 6.07) is 14.2. The molecule has 0 saturated heterocycles. The van der Waals surface area contributed by atoms with E-state index >= 15 is 0 Å². The van der Waals surface area contributed by atoms with Crippen molar-refractivity contribution in [1.29, 1.82) is 0 Å². The van der Waals surface area contributed by atoms with E-state index < -0.39 is 6.04 Å². The van der Waals surface area contributed by atoms with Gasteiger partial charge in [0.1, 0.15) is 11.3 Å². The molecule has 1 amide bonds. The molecule has 0 saturated carbocycles. The molecule has 1 aliphatic heterocycles. The highest BCUT2D eigenvalue weighted by molar-refractivity contribution is 5.99. The van der Waals surface area contributed by atoms with Crippen LogP contribution in [0.2, 0.25) is 0 Å². The number of fused-ring (bicyclic) bond motifs is 2. The Hall–Kier alpha value is -3.08. The summed E-state index contributed by atoms with van der Waals surface area (Å²) < 4.78 is 11.6. The second-order valence-electron chi connectivity index (χ2n) is 6.58. The summed E-state index contributed by atoms with van der Waals surface area (Å²) in [6.45, 7) is 5.04. The third-order valence-corrected chi connectivity index (χ3v) is 4.86. The topological polar surface area (TPSA) is 59.8 Å². The molecule has 0 bridgehead atoms. The molecule has 5 heteroatoms. The Morgan fingerprint density at radius 1 is 1.07 bits per heavy atom. The lowest BCUT2D eigenvalue weighted by Gasteiger charge is -2.23. The number of carbonyl (C=O) groups excluding carboxylic acids is 1. The van der Waals surface area contributed by atoms with E-state index in [0.717, 1.165) is 17.7 Å². The van der Waals surface area contributed by atoms with E-state index in [2.05, 4.69) is 0 Å². The highest BCUT2D eigenvalue weighted by Gasteiger charge is 2.41. The molecule has 1 atom stereocenters. The Morgan fingerprint density at radius 3 is 2.67 bits per heavy atom. The number of para-hydroxylation sites is 1. The minimum absolute atomic E-state index is 0.144. The molecular weight excluding hydrogens is 342 g/mol. The maximum Gasteiger partial charge on any atom is 0.290 e. The number of amides is 1. The van der Waals surface area contributed by atoms with Crippen LogP contribution < -0.4 is 10.2 Å². The molecular formula is C22H21NO4. The van der Waals surface area contributed by atoms with Gasteiger partial charge in [0.15, 0.2) is 5.43 Å². The van der Waals surface area contributed by atoms with E-state index in [1.54, 1.807) is 29.2 Å². The van der Waals surface area contributed by atoms with Crippen LogP contribution in [0.1, 0.15) is 48.0 Å². The van der Waals surface area contributed by atoms with Gasteiger partial charge in [-0.2, -0.15) is 0 Å². The van der Waals surface area contributed by atoms with Crippen LogP contribution in [0, 0.1) is 0 Å². The van der Waals surface area contributed by atoms with Crippen LogP contribution in [0.3, 0.4) is 0 Å². The van der Waals surface area contributed by atoms with Crippen LogP contribution >= 0.6 is 0 Å². The number of hydrogen-bond acceptors (Lipinski definition) is 4. The first-order chi connectivity index (χ1) is 13.2. The summed E-state index contributed by atoms with van der Waals surface area (Å²) >= 11 is 0. The van der Waals surface area contributed by atoms with E-state index in [1.807, 2.05) is 38.1 Å². The largest absolute Gasteiger partial charge is 0.494 e. The fraction of sp³-hybridized carbons (Fsp3) is 0.273. The first kappa shape index (κ1) is 17.3. The third-order valence-electron chi connectivity index (χ3n) is 4.86. The maximum atomic E-state index is 13.2. The smallest absolute Gasteiger partial charge is 0.290 e. The third kappa shape index (κ3) is 2.79. The zero-order valence-electron chi connectivity index (χ0n) is 15.4. The summed E-state index contributed by atoms with van der Waals surface area (Å²) in [7, 11) is 0. The summed E-state index contributed by atoms with van der Waals surface area (Å²) in [5, 5.41) is 0.491. The zero-order chi connectivity index (χ0) is 19.0. The van der Waals surface area contributed by atoms with Gasteiger partial charge in [-0.3, -0.25) is 9.59 Å². The molecule has 3 aromatic rings. The minimum atomic E-state index is -0.469. The Labute approximate surface area is 157 Å². The van der Waals surface area contributed by atoms with Crippen LogP contribution in [-0.2, 0) is 0 Å². The monoisotopic (exact) mass is 363 g/mol. The number of hydrogen-bond donors (Lipinski definition) is 0. The number of benzene rings is 2. The second-order valence-corrected chi connectivity index (χ2v) is 6.58. The van der Waals surface area contributed by atoms with Gasteiger partial charge in [-0.25, -0.2) is 0 Å². The lowest BCUT2D eigenvalue weighted by atomic mass is 9.98. The van der Waals surface area contributed by atoms with Crippen LogP contribution in [0.25, 0.3) is 11.0 Å². The van der Waals surface area contributed by atoms with Crippen LogP contribution in [0.5, 0.6) is 5.75 Å². The molecule has 0 fully saturated rings. The van der Waals surface area contributed by atoms with Crippen molar-refractivity contribution in [2.75, 3.05) is 13.2 Å². The Kier molecular flexibility index (Phi) is 4.44. The van der Waals surface area contributed by atoms with Gasteiger partial charge in [0.2, 0.25) is 5.76 Å². The van der Waals surface area contributed by atoms with Crippen molar-refractivity contribution in [2.45, 2.75) is 26.3 Å². The van der Waals surface area contributed by atoms with E-state index in [1.165, 1.54) is 0 Å². The first-order valence-electron chi connectivity index (χ1n) is 9.25. The van der Waals surface area contributed by atoms with Crippen LogP contribution in [-0.4, -0.2) is 24.0 Å². The quantitative estimate of drug-likeness (QED) is 0.683. The van der Waals surface area contributed by atoms with Crippen molar-refractivity contribution in [2.24, 2.45) is 0 Å². The normalized spacial score (nSPS) is 16.0. The van der Waals surface area contributed by atoms with Gasteiger partial charge >= 0.3 is 0 Å². The molecule has 0 N–H and O–H groups in total. The average Bonchev–Trinajstić information content (AvgIpc) is 2.99. The summed E-state index contributed by atoms with van der Waals surface area (Å²) in [6.07, 6.45) is 0.908. The van der Waals surface area contributed by atoms with Crippen molar-refractivity contribution in [3.05, 3.63) is 75.6 Å². The van der Waals surface area contributed by atoms with Crippen molar-refractivity contribution < 1.29 is 13.9 Å². The molecule has 5 nitrogen and oxygen atoms in total. The molecule has 0 unspecified atom stereocenters. The number of ether oxygens (including phenoxy) is 1. The average molecular weight is 363 g/mol. The van der Waals surface area contributed by atoms with Gasteiger partial charge in [0.05, 0.1) is 23.6 Å². The molecule has 1 aliphatic rings. The van der Waals surface area contributed by atoms with Gasteiger partial charge in [0.25, 0.3) is 5.91 Å². The number of nitrogens with zero attached hydrogens (tertiary/aromatic N) is 1. The summed E-state index contributed by atoms with van der Waals surface area (Å²) in [5.41, 5.74) is 1.54. The fourth-order valence-electron chi connectivity index (χ4n) is 3.63. The minimum Gasteiger partial charge on any atom is -0.494 e. The number of rotatable bonds is 5. The van der Waals surface area contributed by atoms with Gasteiger partial charge in [0, 0.05) is 6.54 Å². The predicted octanol–water partition coefficient (Wildman–Crippen LogP) is 4.15.